The summed E-state index contributed by atoms with van der Waals surface area (Å²) < 4.78 is 5.69. The largest absolute Gasteiger partial charge is 0.508 e. The van der Waals surface area contributed by atoms with Gasteiger partial charge in [-0.25, -0.2) is 4.79 Å². The highest BCUT2D eigenvalue weighted by Crippen LogP contribution is 2.20. The Balaban J connectivity index is 1.59. The minimum absolute atomic E-state index is 0.0701. The van der Waals surface area contributed by atoms with Crippen molar-refractivity contribution >= 4 is 6.03 Å². The molecular weight excluding hydrogens is 328 g/mol. The number of carbonyl (C=O) groups is 1. The molecule has 1 unspecified atom stereocenters. The zero-order valence-corrected chi connectivity index (χ0v) is 14.9. The number of nitrogens with one attached hydrogen (secondary N) is 1. The van der Waals surface area contributed by atoms with Crippen LogP contribution in [0.15, 0.2) is 54.6 Å². The highest BCUT2D eigenvalue weighted by Gasteiger charge is 2.23. The van der Waals surface area contributed by atoms with Gasteiger partial charge in [-0.3, -0.25) is 0 Å². The molecular formula is C21H26N2O3. The van der Waals surface area contributed by atoms with Crippen molar-refractivity contribution in [2.45, 2.75) is 31.9 Å². The van der Waals surface area contributed by atoms with Crippen LogP contribution in [-0.2, 0) is 17.7 Å². The van der Waals surface area contributed by atoms with Gasteiger partial charge < -0.3 is 20.1 Å². The third-order valence-corrected chi connectivity index (χ3v) is 4.62. The van der Waals surface area contributed by atoms with Crippen LogP contribution in [0.2, 0.25) is 0 Å². The molecule has 2 amide bonds. The number of phenolic OH excluding ortho intramolecular Hbond substituents is 1. The van der Waals surface area contributed by atoms with Crippen molar-refractivity contribution in [2.75, 3.05) is 19.7 Å². The monoisotopic (exact) mass is 354 g/mol. The Hall–Kier alpha value is -2.53. The summed E-state index contributed by atoms with van der Waals surface area (Å²) in [6.07, 6.45) is 2.86. The second-order valence-electron chi connectivity index (χ2n) is 6.61. The summed E-state index contributed by atoms with van der Waals surface area (Å²) >= 11 is 0. The maximum Gasteiger partial charge on any atom is 0.317 e. The summed E-state index contributed by atoms with van der Waals surface area (Å²) in [6, 6.07) is 17.1. The average molecular weight is 354 g/mol. The highest BCUT2D eigenvalue weighted by molar-refractivity contribution is 5.74. The van der Waals surface area contributed by atoms with E-state index in [9.17, 15) is 9.90 Å². The number of urea groups is 1. The molecule has 1 aliphatic rings. The smallest absolute Gasteiger partial charge is 0.317 e. The van der Waals surface area contributed by atoms with Gasteiger partial charge in [-0.2, -0.15) is 0 Å². The summed E-state index contributed by atoms with van der Waals surface area (Å²) in [5.74, 6) is 0.210. The van der Waals surface area contributed by atoms with Crippen molar-refractivity contribution in [3.8, 4) is 5.75 Å². The van der Waals surface area contributed by atoms with Crippen LogP contribution in [-0.4, -0.2) is 41.8 Å². The summed E-state index contributed by atoms with van der Waals surface area (Å²) in [4.78, 5) is 14.4. The Morgan fingerprint density at radius 1 is 1.15 bits per heavy atom. The fourth-order valence-corrected chi connectivity index (χ4v) is 3.17. The van der Waals surface area contributed by atoms with Crippen LogP contribution < -0.4 is 5.32 Å². The molecule has 0 aliphatic carbocycles. The zero-order valence-electron chi connectivity index (χ0n) is 14.9. The second-order valence-corrected chi connectivity index (χ2v) is 6.61. The molecule has 138 valence electrons. The van der Waals surface area contributed by atoms with Crippen molar-refractivity contribution in [1.29, 1.82) is 0 Å². The molecule has 0 radical (unpaired) electrons. The van der Waals surface area contributed by atoms with Crippen LogP contribution in [0.4, 0.5) is 4.79 Å². The zero-order chi connectivity index (χ0) is 18.2. The molecule has 0 saturated carbocycles. The number of amides is 2. The Morgan fingerprint density at radius 3 is 2.65 bits per heavy atom. The molecule has 0 aromatic heterocycles. The lowest BCUT2D eigenvalue weighted by Crippen LogP contribution is -2.43. The number of hydrogen-bond acceptors (Lipinski definition) is 3. The molecule has 1 heterocycles. The number of nitrogens with zero attached hydrogens (tertiary/aromatic N) is 1. The van der Waals surface area contributed by atoms with E-state index in [-0.39, 0.29) is 17.9 Å². The van der Waals surface area contributed by atoms with Crippen molar-refractivity contribution in [2.24, 2.45) is 0 Å². The van der Waals surface area contributed by atoms with Gasteiger partial charge in [0, 0.05) is 25.3 Å². The topological polar surface area (TPSA) is 61.8 Å². The second kappa shape index (κ2) is 9.25. The van der Waals surface area contributed by atoms with Gasteiger partial charge in [-0.1, -0.05) is 48.5 Å². The van der Waals surface area contributed by atoms with E-state index < -0.39 is 0 Å². The van der Waals surface area contributed by atoms with E-state index in [0.717, 1.165) is 31.4 Å². The summed E-state index contributed by atoms with van der Waals surface area (Å²) in [5.41, 5.74) is 1.93. The number of benzene rings is 2. The fraction of sp³-hybridized carbons (Fsp3) is 0.381. The van der Waals surface area contributed by atoms with Gasteiger partial charge in [-0.15, -0.1) is 0 Å². The van der Waals surface area contributed by atoms with Crippen LogP contribution in [0.1, 0.15) is 24.0 Å². The van der Waals surface area contributed by atoms with Gasteiger partial charge in [-0.05, 0) is 30.9 Å². The first-order chi connectivity index (χ1) is 12.7. The van der Waals surface area contributed by atoms with Crippen LogP contribution in [0, 0.1) is 0 Å². The molecule has 1 atom stereocenters. The van der Waals surface area contributed by atoms with Crippen LogP contribution in [0.3, 0.4) is 0 Å². The first kappa shape index (κ1) is 18.3. The number of para-hydroxylation sites is 1. The number of rotatable bonds is 7. The number of ether oxygens (including phenoxy) is 1. The molecule has 2 aromatic rings. The fourth-order valence-electron chi connectivity index (χ4n) is 3.17. The van der Waals surface area contributed by atoms with Crippen LogP contribution >= 0.6 is 0 Å². The van der Waals surface area contributed by atoms with E-state index in [4.69, 9.17) is 4.74 Å². The van der Waals surface area contributed by atoms with Crippen LogP contribution in [0.25, 0.3) is 0 Å². The minimum Gasteiger partial charge on any atom is -0.508 e. The summed E-state index contributed by atoms with van der Waals surface area (Å²) in [7, 11) is 0. The Morgan fingerprint density at radius 2 is 1.92 bits per heavy atom. The first-order valence-electron chi connectivity index (χ1n) is 9.17. The molecule has 0 bridgehead atoms. The Bertz CT molecular complexity index is 699. The molecule has 1 fully saturated rings. The lowest BCUT2D eigenvalue weighted by molar-refractivity contribution is 0.0793. The summed E-state index contributed by atoms with van der Waals surface area (Å²) in [6.45, 7) is 2.23. The standard InChI is InChI=1S/C21H26N2O3/c24-20-11-5-4-9-18(20)15-23(16-19-10-6-14-26-19)21(25)22-13-12-17-7-2-1-3-8-17/h1-5,7-9,11,19,24H,6,10,12-16H2,(H,22,25). The van der Waals surface area contributed by atoms with E-state index in [1.54, 1.807) is 17.0 Å². The van der Waals surface area contributed by atoms with E-state index in [1.165, 1.54) is 5.56 Å². The van der Waals surface area contributed by atoms with Gasteiger partial charge in [0.1, 0.15) is 5.75 Å². The van der Waals surface area contributed by atoms with E-state index in [0.29, 0.717) is 19.6 Å². The minimum atomic E-state index is -0.125. The average Bonchev–Trinajstić information content (AvgIpc) is 3.17. The lowest BCUT2D eigenvalue weighted by atomic mass is 10.1. The number of phenols is 1. The summed E-state index contributed by atoms with van der Waals surface area (Å²) in [5, 5.41) is 13.0. The van der Waals surface area contributed by atoms with E-state index >= 15 is 0 Å². The maximum atomic E-state index is 12.7. The van der Waals surface area contributed by atoms with Crippen molar-refractivity contribution in [1.82, 2.24) is 10.2 Å². The molecule has 5 nitrogen and oxygen atoms in total. The van der Waals surface area contributed by atoms with Gasteiger partial charge in [0.25, 0.3) is 0 Å². The van der Waals surface area contributed by atoms with Gasteiger partial charge in [0.2, 0.25) is 0 Å². The number of aromatic hydroxyl groups is 1. The molecule has 1 aliphatic heterocycles. The lowest BCUT2D eigenvalue weighted by Gasteiger charge is -2.26. The predicted octanol–water partition coefficient (Wildman–Crippen LogP) is 3.33. The number of carbonyl (C=O) groups excluding carboxylic acids is 1. The third kappa shape index (κ3) is 5.23. The predicted molar refractivity (Wildman–Crippen MR) is 101 cm³/mol. The maximum absolute atomic E-state index is 12.7. The molecule has 0 spiro atoms. The van der Waals surface area contributed by atoms with Gasteiger partial charge in [0.05, 0.1) is 12.6 Å². The molecule has 3 rings (SSSR count). The SMILES string of the molecule is O=C(NCCc1ccccc1)N(Cc1ccccc1O)CC1CCCO1. The molecule has 5 heteroatoms. The van der Waals surface area contributed by atoms with Crippen molar-refractivity contribution in [3.05, 3.63) is 65.7 Å². The Labute approximate surface area is 154 Å². The van der Waals surface area contributed by atoms with E-state index in [2.05, 4.69) is 17.4 Å². The first-order valence-corrected chi connectivity index (χ1v) is 9.17. The van der Waals surface area contributed by atoms with Crippen molar-refractivity contribution < 1.29 is 14.6 Å². The van der Waals surface area contributed by atoms with Gasteiger partial charge in [0.15, 0.2) is 0 Å². The van der Waals surface area contributed by atoms with E-state index in [1.807, 2.05) is 30.3 Å². The molecule has 26 heavy (non-hydrogen) atoms. The quantitative estimate of drug-likeness (QED) is 0.802. The molecule has 1 saturated heterocycles. The molecule has 2 aromatic carbocycles. The van der Waals surface area contributed by atoms with Gasteiger partial charge >= 0.3 is 6.03 Å². The highest BCUT2D eigenvalue weighted by atomic mass is 16.5. The number of hydrogen-bond donors (Lipinski definition) is 2. The van der Waals surface area contributed by atoms with Crippen LogP contribution in [0.5, 0.6) is 5.75 Å². The van der Waals surface area contributed by atoms with Crippen molar-refractivity contribution in [3.63, 3.8) is 0 Å². The Kier molecular flexibility index (Phi) is 6.50. The molecule has 2 N–H and O–H groups in total. The third-order valence-electron chi connectivity index (χ3n) is 4.62. The normalized spacial score (nSPS) is 16.4.